The summed E-state index contributed by atoms with van der Waals surface area (Å²) in [6.45, 7) is 5.92. The van der Waals surface area contributed by atoms with Crippen molar-refractivity contribution < 1.29 is 29.5 Å². The summed E-state index contributed by atoms with van der Waals surface area (Å²) >= 11 is 0. The van der Waals surface area contributed by atoms with Gasteiger partial charge in [0, 0.05) is 18.8 Å². The second-order valence-corrected chi connectivity index (χ2v) is 7.13. The third kappa shape index (κ3) is 12.6. The number of hydrogen-bond donors (Lipinski definition) is 4. The highest BCUT2D eigenvalue weighted by molar-refractivity contribution is 5.95. The maximum Gasteiger partial charge on any atom is 0.216 e. The van der Waals surface area contributed by atoms with Gasteiger partial charge < -0.3 is 35.3 Å². The fourth-order valence-electron chi connectivity index (χ4n) is 2.25. The smallest absolute Gasteiger partial charge is 0.216 e. The lowest BCUT2D eigenvalue weighted by Gasteiger charge is -2.09. The number of nitrogens with two attached hydrogens (primary N) is 1. The molecule has 0 unspecified atom stereocenters. The van der Waals surface area contributed by atoms with Crippen molar-refractivity contribution in [1.82, 2.24) is 0 Å². The molecular weight excluding hydrogens is 376 g/mol. The number of aliphatic imine (C=N–C) groups is 1. The van der Waals surface area contributed by atoms with Crippen LogP contribution < -0.4 is 5.73 Å². The van der Waals surface area contributed by atoms with Gasteiger partial charge in [-0.05, 0) is 38.8 Å². The summed E-state index contributed by atoms with van der Waals surface area (Å²) in [5, 5.41) is 26.4. The Labute approximate surface area is 173 Å². The minimum Gasteiger partial charge on any atom is -0.475 e. The van der Waals surface area contributed by atoms with Gasteiger partial charge in [0.15, 0.2) is 0 Å². The molecule has 1 aliphatic rings. The van der Waals surface area contributed by atoms with Crippen LogP contribution in [0, 0.1) is 0 Å². The van der Waals surface area contributed by atoms with E-state index < -0.39 is 0 Å². The monoisotopic (exact) mass is 412 g/mol. The third-order valence-electron chi connectivity index (χ3n) is 3.97. The molecule has 1 aromatic carbocycles. The van der Waals surface area contributed by atoms with Crippen molar-refractivity contribution in [3.05, 3.63) is 35.9 Å². The first-order chi connectivity index (χ1) is 13.9. The molecular formula is C21H36N2O6. The van der Waals surface area contributed by atoms with Crippen LogP contribution in [0.4, 0.5) is 0 Å². The number of rotatable bonds is 12. The normalized spacial score (nSPS) is 18.8. The standard InChI is InChI=1S/C14H19NO3.C7H17NO3/c1-11(16)7-8-17-9-13-10-18-14(15-13)12-5-3-2-4-6-12;1-6(10)2-3-11-5-7(8)4-9/h2-6,11,13,16H,7-10H2,1H3;6-7,9-10H,2-5,8H2,1H3/t11-,13-;6-,7+/m11/s1. The van der Waals surface area contributed by atoms with Gasteiger partial charge in [-0.2, -0.15) is 0 Å². The van der Waals surface area contributed by atoms with Gasteiger partial charge in [-0.25, -0.2) is 4.99 Å². The number of hydrogen-bond acceptors (Lipinski definition) is 8. The molecule has 8 heteroatoms. The molecule has 1 aliphatic heterocycles. The van der Waals surface area contributed by atoms with Gasteiger partial charge in [0.1, 0.15) is 12.6 Å². The molecule has 0 spiro atoms. The summed E-state index contributed by atoms with van der Waals surface area (Å²) in [6, 6.07) is 9.63. The number of ether oxygens (including phenoxy) is 3. The lowest BCUT2D eigenvalue weighted by molar-refractivity contribution is 0.0712. The van der Waals surface area contributed by atoms with E-state index in [-0.39, 0.29) is 30.9 Å². The topological polar surface area (TPSA) is 127 Å². The van der Waals surface area contributed by atoms with Gasteiger partial charge in [0.05, 0.1) is 38.1 Å². The zero-order valence-corrected chi connectivity index (χ0v) is 17.4. The molecule has 2 rings (SSSR count). The molecule has 1 heterocycles. The first-order valence-electron chi connectivity index (χ1n) is 10.1. The Balaban J connectivity index is 0.000000331. The van der Waals surface area contributed by atoms with Crippen molar-refractivity contribution in [1.29, 1.82) is 0 Å². The van der Waals surface area contributed by atoms with Crippen molar-refractivity contribution in [2.24, 2.45) is 10.7 Å². The SMILES string of the molecule is C[C@@H](O)CCOC[C@@H](N)CO.C[C@@H](O)CCOC[C@@H]1COC(c2ccccc2)=N1. The Morgan fingerprint density at radius 2 is 1.72 bits per heavy atom. The van der Waals surface area contributed by atoms with Crippen LogP contribution in [0.5, 0.6) is 0 Å². The van der Waals surface area contributed by atoms with Crippen molar-refractivity contribution in [2.45, 2.75) is 51.0 Å². The van der Waals surface area contributed by atoms with E-state index in [1.165, 1.54) is 0 Å². The molecule has 0 aromatic heterocycles. The van der Waals surface area contributed by atoms with Crippen LogP contribution in [0.2, 0.25) is 0 Å². The molecule has 0 aliphatic carbocycles. The average Bonchev–Trinajstić information content (AvgIpc) is 3.18. The second-order valence-electron chi connectivity index (χ2n) is 7.13. The number of aliphatic hydroxyl groups excluding tert-OH is 3. The summed E-state index contributed by atoms with van der Waals surface area (Å²) in [4.78, 5) is 4.48. The van der Waals surface area contributed by atoms with Gasteiger partial charge in [0.2, 0.25) is 5.90 Å². The van der Waals surface area contributed by atoms with E-state index in [1.807, 2.05) is 30.3 Å². The first kappa shape index (κ1) is 25.5. The van der Waals surface area contributed by atoms with Crippen molar-refractivity contribution in [3.8, 4) is 0 Å². The fourth-order valence-corrected chi connectivity index (χ4v) is 2.25. The Kier molecular flexibility index (Phi) is 13.5. The number of benzene rings is 1. The van der Waals surface area contributed by atoms with Gasteiger partial charge >= 0.3 is 0 Å². The number of nitrogens with zero attached hydrogens (tertiary/aromatic N) is 1. The molecule has 1 aromatic rings. The minimum absolute atomic E-state index is 0.0608. The molecule has 0 radical (unpaired) electrons. The quantitative estimate of drug-likeness (QED) is 0.373. The summed E-state index contributed by atoms with van der Waals surface area (Å²) in [6.07, 6.45) is 0.620. The highest BCUT2D eigenvalue weighted by atomic mass is 16.5. The highest BCUT2D eigenvalue weighted by Crippen LogP contribution is 2.12. The van der Waals surface area contributed by atoms with Gasteiger partial charge in [-0.15, -0.1) is 0 Å². The summed E-state index contributed by atoms with van der Waals surface area (Å²) in [5.41, 5.74) is 6.36. The molecule has 166 valence electrons. The van der Waals surface area contributed by atoms with Crippen molar-refractivity contribution in [3.63, 3.8) is 0 Å². The highest BCUT2D eigenvalue weighted by Gasteiger charge is 2.19. The lowest BCUT2D eigenvalue weighted by Crippen LogP contribution is -2.30. The van der Waals surface area contributed by atoms with Crippen LogP contribution in [-0.2, 0) is 14.2 Å². The summed E-state index contributed by atoms with van der Waals surface area (Å²) < 4.78 is 16.1. The van der Waals surface area contributed by atoms with E-state index in [9.17, 15) is 0 Å². The van der Waals surface area contributed by atoms with E-state index in [1.54, 1.807) is 13.8 Å². The Morgan fingerprint density at radius 3 is 2.31 bits per heavy atom. The lowest BCUT2D eigenvalue weighted by atomic mass is 10.2. The van der Waals surface area contributed by atoms with Crippen LogP contribution in [0.25, 0.3) is 0 Å². The average molecular weight is 413 g/mol. The Morgan fingerprint density at radius 1 is 1.10 bits per heavy atom. The Hall–Kier alpha value is -1.55. The maximum absolute atomic E-state index is 9.10. The van der Waals surface area contributed by atoms with E-state index in [4.69, 9.17) is 35.3 Å². The molecule has 0 amide bonds. The second kappa shape index (κ2) is 15.3. The van der Waals surface area contributed by atoms with Crippen molar-refractivity contribution >= 4 is 5.90 Å². The fraction of sp³-hybridized carbons (Fsp3) is 0.667. The minimum atomic E-state index is -0.333. The molecule has 5 N–H and O–H groups in total. The summed E-state index contributed by atoms with van der Waals surface area (Å²) in [7, 11) is 0. The van der Waals surface area contributed by atoms with E-state index in [0.29, 0.717) is 51.8 Å². The first-order valence-corrected chi connectivity index (χ1v) is 10.1. The van der Waals surface area contributed by atoms with Gasteiger partial charge in [-0.1, -0.05) is 18.2 Å². The van der Waals surface area contributed by atoms with Crippen LogP contribution in [0.1, 0.15) is 32.3 Å². The van der Waals surface area contributed by atoms with E-state index >= 15 is 0 Å². The predicted octanol–water partition coefficient (Wildman–Crippen LogP) is 0.713. The van der Waals surface area contributed by atoms with Crippen molar-refractivity contribution in [2.75, 3.05) is 39.6 Å². The zero-order chi connectivity index (χ0) is 21.5. The molecule has 0 saturated carbocycles. The van der Waals surface area contributed by atoms with Gasteiger partial charge in [-0.3, -0.25) is 0 Å². The van der Waals surface area contributed by atoms with Crippen LogP contribution in [0.3, 0.4) is 0 Å². The molecule has 8 nitrogen and oxygen atoms in total. The molecule has 4 atom stereocenters. The van der Waals surface area contributed by atoms with Gasteiger partial charge in [0.25, 0.3) is 0 Å². The Bertz CT molecular complexity index is 553. The van der Waals surface area contributed by atoms with Crippen LogP contribution in [-0.4, -0.2) is 85.2 Å². The number of aliphatic hydroxyl groups is 3. The largest absolute Gasteiger partial charge is 0.475 e. The maximum atomic E-state index is 9.10. The van der Waals surface area contributed by atoms with Crippen LogP contribution >= 0.6 is 0 Å². The molecule has 29 heavy (non-hydrogen) atoms. The van der Waals surface area contributed by atoms with E-state index in [2.05, 4.69) is 4.99 Å². The zero-order valence-electron chi connectivity index (χ0n) is 17.4. The molecule has 0 fully saturated rings. The molecule has 0 saturated heterocycles. The summed E-state index contributed by atoms with van der Waals surface area (Å²) in [5.74, 6) is 0.694. The van der Waals surface area contributed by atoms with E-state index in [0.717, 1.165) is 5.56 Å². The predicted molar refractivity (Wildman–Crippen MR) is 112 cm³/mol. The van der Waals surface area contributed by atoms with Crippen LogP contribution in [0.15, 0.2) is 35.3 Å². The third-order valence-corrected chi connectivity index (χ3v) is 3.97. The molecule has 0 bridgehead atoms.